The Labute approximate surface area is 135 Å². The van der Waals surface area contributed by atoms with Crippen LogP contribution < -0.4 is 10.1 Å². The maximum absolute atomic E-state index is 5.99. The minimum absolute atomic E-state index is 0.341. The third-order valence-electron chi connectivity index (χ3n) is 3.47. The molecule has 0 aromatic heterocycles. The van der Waals surface area contributed by atoms with Gasteiger partial charge in [0.2, 0.25) is 0 Å². The molecule has 2 aromatic rings. The van der Waals surface area contributed by atoms with Crippen LogP contribution in [0.4, 0.5) is 0 Å². The van der Waals surface area contributed by atoms with E-state index >= 15 is 0 Å². The fourth-order valence-corrected chi connectivity index (χ4v) is 2.61. The second kappa shape index (κ2) is 7.62. The predicted molar refractivity (Wildman–Crippen MR) is 92.1 cm³/mol. The lowest BCUT2D eigenvalue weighted by Gasteiger charge is -2.16. The van der Waals surface area contributed by atoms with Crippen LogP contribution >= 0.6 is 15.9 Å². The van der Waals surface area contributed by atoms with Crippen molar-refractivity contribution in [2.75, 3.05) is 6.54 Å². The van der Waals surface area contributed by atoms with Crippen molar-refractivity contribution in [3.8, 4) is 11.5 Å². The molecule has 0 saturated carbocycles. The lowest BCUT2D eigenvalue weighted by Crippen LogP contribution is -2.19. The van der Waals surface area contributed by atoms with Gasteiger partial charge in [0.15, 0.2) is 0 Å². The molecular formula is C18H22BrNO. The Morgan fingerprint density at radius 3 is 2.57 bits per heavy atom. The first kappa shape index (κ1) is 16.1. The maximum Gasteiger partial charge on any atom is 0.141 e. The molecule has 0 bridgehead atoms. The standard InChI is InChI=1S/C18H22BrNO/c1-4-11-20-14(3)15-9-10-18(16(19)12-15)21-17-8-6-5-7-13(17)2/h5-10,12,14,20H,4,11H2,1-3H3. The molecule has 2 rings (SSSR count). The van der Waals surface area contributed by atoms with Crippen molar-refractivity contribution in [3.63, 3.8) is 0 Å². The summed E-state index contributed by atoms with van der Waals surface area (Å²) in [6.07, 6.45) is 1.14. The third-order valence-corrected chi connectivity index (χ3v) is 4.09. The van der Waals surface area contributed by atoms with Gasteiger partial charge in [-0.3, -0.25) is 0 Å². The number of halogens is 1. The zero-order valence-corrected chi connectivity index (χ0v) is 14.4. The quantitative estimate of drug-likeness (QED) is 0.733. The molecule has 0 fully saturated rings. The number of ether oxygens (including phenoxy) is 1. The van der Waals surface area contributed by atoms with Gasteiger partial charge in [0, 0.05) is 6.04 Å². The number of benzene rings is 2. The van der Waals surface area contributed by atoms with E-state index in [0.717, 1.165) is 34.5 Å². The fraction of sp³-hybridized carbons (Fsp3) is 0.333. The van der Waals surface area contributed by atoms with Gasteiger partial charge in [-0.2, -0.15) is 0 Å². The van der Waals surface area contributed by atoms with Crippen LogP contribution in [-0.2, 0) is 0 Å². The first-order valence-corrected chi connectivity index (χ1v) is 8.17. The van der Waals surface area contributed by atoms with Gasteiger partial charge in [-0.15, -0.1) is 0 Å². The Hall–Kier alpha value is -1.32. The van der Waals surface area contributed by atoms with E-state index in [4.69, 9.17) is 4.74 Å². The van der Waals surface area contributed by atoms with E-state index in [0.29, 0.717) is 6.04 Å². The predicted octanol–water partition coefficient (Wildman–Crippen LogP) is 5.61. The Morgan fingerprint density at radius 2 is 1.90 bits per heavy atom. The number of aryl methyl sites for hydroxylation is 1. The molecule has 3 heteroatoms. The van der Waals surface area contributed by atoms with E-state index in [1.165, 1.54) is 5.56 Å². The normalized spacial score (nSPS) is 12.2. The van der Waals surface area contributed by atoms with Gasteiger partial charge in [-0.05, 0) is 72.1 Å². The van der Waals surface area contributed by atoms with Crippen LogP contribution in [0.25, 0.3) is 0 Å². The van der Waals surface area contributed by atoms with Gasteiger partial charge in [0.1, 0.15) is 11.5 Å². The summed E-state index contributed by atoms with van der Waals surface area (Å²) >= 11 is 3.61. The number of hydrogen-bond donors (Lipinski definition) is 1. The Bertz CT molecular complexity index is 598. The summed E-state index contributed by atoms with van der Waals surface area (Å²) in [5.41, 5.74) is 2.39. The first-order valence-electron chi connectivity index (χ1n) is 7.38. The van der Waals surface area contributed by atoms with Gasteiger partial charge in [-0.1, -0.05) is 31.2 Å². The zero-order chi connectivity index (χ0) is 15.2. The molecule has 0 amide bonds. The molecule has 0 aliphatic heterocycles. The molecule has 0 aliphatic carbocycles. The smallest absolute Gasteiger partial charge is 0.141 e. The van der Waals surface area contributed by atoms with Gasteiger partial charge >= 0.3 is 0 Å². The van der Waals surface area contributed by atoms with Crippen LogP contribution in [-0.4, -0.2) is 6.54 Å². The monoisotopic (exact) mass is 347 g/mol. The average Bonchev–Trinajstić information content (AvgIpc) is 2.49. The molecule has 1 N–H and O–H groups in total. The summed E-state index contributed by atoms with van der Waals surface area (Å²) in [6, 6.07) is 14.6. The molecule has 21 heavy (non-hydrogen) atoms. The highest BCUT2D eigenvalue weighted by Gasteiger charge is 2.09. The molecule has 1 unspecified atom stereocenters. The van der Waals surface area contributed by atoms with Crippen LogP contribution in [0.3, 0.4) is 0 Å². The van der Waals surface area contributed by atoms with Crippen molar-refractivity contribution >= 4 is 15.9 Å². The van der Waals surface area contributed by atoms with E-state index in [1.54, 1.807) is 0 Å². The maximum atomic E-state index is 5.99. The number of hydrogen-bond acceptors (Lipinski definition) is 2. The van der Waals surface area contributed by atoms with Crippen LogP contribution in [0, 0.1) is 6.92 Å². The SMILES string of the molecule is CCCNC(C)c1ccc(Oc2ccccc2C)c(Br)c1. The van der Waals surface area contributed by atoms with E-state index in [9.17, 15) is 0 Å². The van der Waals surface area contributed by atoms with Gasteiger partial charge in [0.05, 0.1) is 4.47 Å². The molecule has 112 valence electrons. The molecule has 0 heterocycles. The summed E-state index contributed by atoms with van der Waals surface area (Å²) < 4.78 is 6.97. The molecule has 2 aromatic carbocycles. The summed E-state index contributed by atoms with van der Waals surface area (Å²) in [4.78, 5) is 0. The third kappa shape index (κ3) is 4.32. The van der Waals surface area contributed by atoms with Gasteiger partial charge < -0.3 is 10.1 Å². The Kier molecular flexibility index (Phi) is 5.83. The van der Waals surface area contributed by atoms with Crippen molar-refractivity contribution < 1.29 is 4.74 Å². The molecule has 0 radical (unpaired) electrons. The Balaban J connectivity index is 2.14. The fourth-order valence-electron chi connectivity index (χ4n) is 2.14. The summed E-state index contributed by atoms with van der Waals surface area (Å²) in [5, 5.41) is 3.49. The van der Waals surface area contributed by atoms with Crippen LogP contribution in [0.15, 0.2) is 46.9 Å². The lowest BCUT2D eigenvalue weighted by atomic mass is 10.1. The second-order valence-corrected chi connectivity index (χ2v) is 6.09. The highest BCUT2D eigenvalue weighted by atomic mass is 79.9. The number of nitrogens with one attached hydrogen (secondary N) is 1. The van der Waals surface area contributed by atoms with Crippen molar-refractivity contribution in [2.24, 2.45) is 0 Å². The van der Waals surface area contributed by atoms with E-state index in [2.05, 4.69) is 47.2 Å². The summed E-state index contributed by atoms with van der Waals surface area (Å²) in [7, 11) is 0. The minimum Gasteiger partial charge on any atom is -0.456 e. The van der Waals surface area contributed by atoms with Crippen LogP contribution in [0.1, 0.15) is 37.4 Å². The minimum atomic E-state index is 0.341. The highest BCUT2D eigenvalue weighted by molar-refractivity contribution is 9.10. The molecule has 0 aliphatic rings. The van der Waals surface area contributed by atoms with Crippen molar-refractivity contribution in [2.45, 2.75) is 33.2 Å². The van der Waals surface area contributed by atoms with Crippen LogP contribution in [0.2, 0.25) is 0 Å². The largest absolute Gasteiger partial charge is 0.456 e. The van der Waals surface area contributed by atoms with Crippen molar-refractivity contribution in [3.05, 3.63) is 58.1 Å². The Morgan fingerprint density at radius 1 is 1.14 bits per heavy atom. The number of rotatable bonds is 6. The summed E-state index contributed by atoms with van der Waals surface area (Å²) in [5.74, 6) is 1.74. The zero-order valence-electron chi connectivity index (χ0n) is 12.8. The lowest BCUT2D eigenvalue weighted by molar-refractivity contribution is 0.475. The van der Waals surface area contributed by atoms with E-state index in [-0.39, 0.29) is 0 Å². The molecule has 0 spiro atoms. The van der Waals surface area contributed by atoms with Gasteiger partial charge in [-0.25, -0.2) is 0 Å². The van der Waals surface area contributed by atoms with Crippen molar-refractivity contribution in [1.82, 2.24) is 5.32 Å². The second-order valence-electron chi connectivity index (χ2n) is 5.23. The van der Waals surface area contributed by atoms with Gasteiger partial charge in [0.25, 0.3) is 0 Å². The molecule has 2 nitrogen and oxygen atoms in total. The first-order chi connectivity index (χ1) is 10.1. The molecule has 1 atom stereocenters. The van der Waals surface area contributed by atoms with Crippen LogP contribution in [0.5, 0.6) is 11.5 Å². The van der Waals surface area contributed by atoms with E-state index in [1.807, 2.05) is 37.3 Å². The topological polar surface area (TPSA) is 21.3 Å². The van der Waals surface area contributed by atoms with Crippen molar-refractivity contribution in [1.29, 1.82) is 0 Å². The molecular weight excluding hydrogens is 326 g/mol. The molecule has 0 saturated heterocycles. The van der Waals surface area contributed by atoms with E-state index < -0.39 is 0 Å². The average molecular weight is 348 g/mol. The highest BCUT2D eigenvalue weighted by Crippen LogP contribution is 2.33. The summed E-state index contributed by atoms with van der Waals surface area (Å²) in [6.45, 7) is 7.43. The number of para-hydroxylation sites is 1.